The molecule has 246 valence electrons. The highest BCUT2D eigenvalue weighted by Crippen LogP contribution is 2.45. The van der Waals surface area contributed by atoms with Crippen molar-refractivity contribution < 1.29 is 28.6 Å². The van der Waals surface area contributed by atoms with Crippen molar-refractivity contribution in [2.45, 2.75) is 50.2 Å². The molecule has 0 saturated heterocycles. The van der Waals surface area contributed by atoms with Crippen LogP contribution >= 0.6 is 23.1 Å². The summed E-state index contributed by atoms with van der Waals surface area (Å²) in [5, 5.41) is 5.94. The molecule has 2 N–H and O–H groups in total. The number of carbonyl (C=O) groups excluding carboxylic acids is 3. The summed E-state index contributed by atoms with van der Waals surface area (Å²) in [7, 11) is 4.43. The van der Waals surface area contributed by atoms with Gasteiger partial charge in [0.25, 0.3) is 5.91 Å². The van der Waals surface area contributed by atoms with Crippen LogP contribution in [-0.4, -0.2) is 39.1 Å². The summed E-state index contributed by atoms with van der Waals surface area (Å²) in [6.45, 7) is 6.75. The molecule has 10 heteroatoms. The molecule has 1 heterocycles. The van der Waals surface area contributed by atoms with Gasteiger partial charge in [-0.15, -0.1) is 23.1 Å². The zero-order valence-electron chi connectivity index (χ0n) is 27.5. The molecule has 0 spiro atoms. The predicted molar refractivity (Wildman–Crippen MR) is 188 cm³/mol. The second-order valence-corrected chi connectivity index (χ2v) is 14.7. The van der Waals surface area contributed by atoms with Gasteiger partial charge >= 0.3 is 5.97 Å². The van der Waals surface area contributed by atoms with Crippen LogP contribution in [0.15, 0.2) is 77.7 Å². The molecule has 2 atom stereocenters. The number of rotatable bonds is 10. The lowest BCUT2D eigenvalue weighted by Gasteiger charge is -2.33. The highest BCUT2D eigenvalue weighted by molar-refractivity contribution is 8.00. The minimum atomic E-state index is -0.639. The summed E-state index contributed by atoms with van der Waals surface area (Å²) in [4.78, 5) is 42.2. The number of carbonyl (C=O) groups is 3. The maximum Gasteiger partial charge on any atom is 0.341 e. The Kier molecular flexibility index (Phi) is 10.6. The van der Waals surface area contributed by atoms with Gasteiger partial charge in [0.2, 0.25) is 5.91 Å². The van der Waals surface area contributed by atoms with Crippen LogP contribution in [0.4, 0.5) is 10.7 Å². The maximum atomic E-state index is 14.1. The molecule has 2 unspecified atom stereocenters. The van der Waals surface area contributed by atoms with Crippen molar-refractivity contribution in [2.75, 3.05) is 32.0 Å². The van der Waals surface area contributed by atoms with E-state index in [1.807, 2.05) is 48.5 Å². The fraction of sp³-hybridized carbons (Fsp3) is 0.324. The van der Waals surface area contributed by atoms with E-state index in [4.69, 9.17) is 14.2 Å². The standard InChI is InChI=1S/C37H40N2O6S2/c1-37(2,3)24-16-17-27-30(20-24)47-35(31(27)36(42)45-6)39-34(41)32(22-11-8-7-9-12-22)46-26-14-10-13-25(21-26)38-33(40)23-15-18-28(43-4)29(19-23)44-5/h7-15,18-19,21,24,32H,16-17,20H2,1-6H3,(H,38,40)(H,39,41). The number of fused-ring (bicyclic) bond motifs is 1. The Morgan fingerprint density at radius 1 is 0.894 bits per heavy atom. The molecule has 8 nitrogen and oxygen atoms in total. The van der Waals surface area contributed by atoms with Gasteiger partial charge < -0.3 is 24.8 Å². The van der Waals surface area contributed by atoms with Gasteiger partial charge in [-0.1, -0.05) is 57.2 Å². The highest BCUT2D eigenvalue weighted by atomic mass is 32.2. The summed E-state index contributed by atoms with van der Waals surface area (Å²) >= 11 is 2.84. The van der Waals surface area contributed by atoms with E-state index in [2.05, 4.69) is 31.4 Å². The first-order valence-electron chi connectivity index (χ1n) is 15.4. The van der Waals surface area contributed by atoms with Crippen LogP contribution < -0.4 is 20.1 Å². The topological polar surface area (TPSA) is 103 Å². The second kappa shape index (κ2) is 14.6. The smallest absolute Gasteiger partial charge is 0.341 e. The number of benzene rings is 3. The normalized spacial score (nSPS) is 14.8. The van der Waals surface area contributed by atoms with Crippen LogP contribution in [0.1, 0.15) is 69.2 Å². The minimum absolute atomic E-state index is 0.140. The molecule has 1 aromatic heterocycles. The van der Waals surface area contributed by atoms with Gasteiger partial charge in [-0.25, -0.2) is 4.79 Å². The first-order chi connectivity index (χ1) is 22.5. The molecule has 0 radical (unpaired) electrons. The highest BCUT2D eigenvalue weighted by Gasteiger charge is 2.35. The number of methoxy groups -OCH3 is 3. The number of amides is 2. The predicted octanol–water partition coefficient (Wildman–Crippen LogP) is 8.43. The fourth-order valence-corrected chi connectivity index (χ4v) is 8.18. The monoisotopic (exact) mass is 672 g/mol. The third-order valence-corrected chi connectivity index (χ3v) is 10.9. The summed E-state index contributed by atoms with van der Waals surface area (Å²) in [6.07, 6.45) is 2.61. The Hall–Kier alpha value is -4.28. The minimum Gasteiger partial charge on any atom is -0.493 e. The first-order valence-corrected chi connectivity index (χ1v) is 17.1. The van der Waals surface area contributed by atoms with Crippen molar-refractivity contribution in [3.8, 4) is 11.5 Å². The summed E-state index contributed by atoms with van der Waals surface area (Å²) in [5.74, 6) is 0.470. The average Bonchev–Trinajstić information content (AvgIpc) is 3.43. The quantitative estimate of drug-likeness (QED) is 0.129. The van der Waals surface area contributed by atoms with E-state index in [1.165, 1.54) is 44.4 Å². The molecular weight excluding hydrogens is 633 g/mol. The lowest BCUT2D eigenvalue weighted by molar-refractivity contribution is -0.115. The van der Waals surface area contributed by atoms with E-state index in [-0.39, 0.29) is 17.2 Å². The number of nitrogens with one attached hydrogen (secondary N) is 2. The number of anilines is 2. The molecule has 1 aliphatic carbocycles. The summed E-state index contributed by atoms with van der Waals surface area (Å²) in [6, 6.07) is 21.9. The van der Waals surface area contributed by atoms with Gasteiger partial charge in [-0.3, -0.25) is 9.59 Å². The molecule has 2 amide bonds. The van der Waals surface area contributed by atoms with Crippen LogP contribution in [0.25, 0.3) is 0 Å². The molecule has 0 aliphatic heterocycles. The Bertz CT molecular complexity index is 1760. The van der Waals surface area contributed by atoms with E-state index in [1.54, 1.807) is 24.3 Å². The second-order valence-electron chi connectivity index (χ2n) is 12.5. The van der Waals surface area contributed by atoms with Crippen molar-refractivity contribution in [1.29, 1.82) is 0 Å². The molecule has 3 aromatic carbocycles. The molecule has 5 rings (SSSR count). The Labute approximate surface area is 284 Å². The van der Waals surface area contributed by atoms with Crippen LogP contribution in [0.2, 0.25) is 0 Å². The van der Waals surface area contributed by atoms with Gasteiger partial charge in [0.05, 0.1) is 26.9 Å². The summed E-state index contributed by atoms with van der Waals surface area (Å²) < 4.78 is 15.8. The molecule has 0 bridgehead atoms. The van der Waals surface area contributed by atoms with Crippen LogP contribution in [-0.2, 0) is 22.4 Å². The Morgan fingerprint density at radius 2 is 1.64 bits per heavy atom. The van der Waals surface area contributed by atoms with Gasteiger partial charge in [0, 0.05) is 21.0 Å². The summed E-state index contributed by atoms with van der Waals surface area (Å²) in [5.41, 5.74) is 3.39. The van der Waals surface area contributed by atoms with E-state index in [9.17, 15) is 14.4 Å². The lowest BCUT2D eigenvalue weighted by atomic mass is 9.72. The van der Waals surface area contributed by atoms with E-state index < -0.39 is 11.2 Å². The zero-order chi connectivity index (χ0) is 33.7. The van der Waals surface area contributed by atoms with E-state index in [0.717, 1.165) is 40.2 Å². The van der Waals surface area contributed by atoms with Crippen LogP contribution in [0.3, 0.4) is 0 Å². The fourth-order valence-electron chi connectivity index (χ4n) is 5.77. The van der Waals surface area contributed by atoms with Gasteiger partial charge in [-0.2, -0.15) is 0 Å². The SMILES string of the molecule is COC(=O)c1c(NC(=O)C(Sc2cccc(NC(=O)c3ccc(OC)c(OC)c3)c2)c2ccccc2)sc2c1CCC(C(C)(C)C)C2. The first kappa shape index (κ1) is 34.1. The number of esters is 1. The molecular formula is C37H40N2O6S2. The van der Waals surface area contributed by atoms with E-state index >= 15 is 0 Å². The Morgan fingerprint density at radius 3 is 2.32 bits per heavy atom. The van der Waals surface area contributed by atoms with Crippen molar-refractivity contribution in [3.63, 3.8) is 0 Å². The van der Waals surface area contributed by atoms with Gasteiger partial charge in [0.15, 0.2) is 11.5 Å². The molecule has 0 fully saturated rings. The number of hydrogen-bond acceptors (Lipinski definition) is 8. The largest absolute Gasteiger partial charge is 0.493 e. The molecule has 1 aliphatic rings. The molecule has 0 saturated carbocycles. The van der Waals surface area contributed by atoms with Crippen molar-refractivity contribution >= 4 is 51.6 Å². The molecule has 47 heavy (non-hydrogen) atoms. The number of thiophene rings is 1. The molecule has 4 aromatic rings. The number of hydrogen-bond donors (Lipinski definition) is 2. The van der Waals surface area contributed by atoms with Crippen molar-refractivity contribution in [3.05, 3.63) is 99.9 Å². The van der Waals surface area contributed by atoms with Gasteiger partial charge in [0.1, 0.15) is 10.3 Å². The van der Waals surface area contributed by atoms with Crippen LogP contribution in [0, 0.1) is 11.3 Å². The lowest BCUT2D eigenvalue weighted by Crippen LogP contribution is -2.26. The van der Waals surface area contributed by atoms with Crippen LogP contribution in [0.5, 0.6) is 11.5 Å². The zero-order valence-corrected chi connectivity index (χ0v) is 29.1. The Balaban J connectivity index is 1.40. The van der Waals surface area contributed by atoms with Gasteiger partial charge in [-0.05, 0) is 78.1 Å². The average molecular weight is 673 g/mol. The van der Waals surface area contributed by atoms with Crippen molar-refractivity contribution in [1.82, 2.24) is 0 Å². The number of thioether (sulfide) groups is 1. The third kappa shape index (κ3) is 7.82. The third-order valence-electron chi connectivity index (χ3n) is 8.45. The van der Waals surface area contributed by atoms with E-state index in [0.29, 0.717) is 39.2 Å². The van der Waals surface area contributed by atoms with Crippen molar-refractivity contribution in [2.24, 2.45) is 11.3 Å². The maximum absolute atomic E-state index is 14.1. The number of ether oxygens (including phenoxy) is 3.